The highest BCUT2D eigenvalue weighted by atomic mass is 16.2. The highest BCUT2D eigenvalue weighted by Crippen LogP contribution is 2.19. The van der Waals surface area contributed by atoms with Crippen molar-refractivity contribution in [3.8, 4) is 0 Å². The van der Waals surface area contributed by atoms with Gasteiger partial charge in [0, 0.05) is 31.7 Å². The molecule has 3 rings (SSSR count). The second kappa shape index (κ2) is 5.34. The van der Waals surface area contributed by atoms with E-state index in [2.05, 4.69) is 10.1 Å². The van der Waals surface area contributed by atoms with Gasteiger partial charge in [0.25, 0.3) is 5.91 Å². The summed E-state index contributed by atoms with van der Waals surface area (Å²) < 4.78 is 1.63. The van der Waals surface area contributed by atoms with Crippen LogP contribution >= 0.6 is 0 Å². The van der Waals surface area contributed by atoms with Gasteiger partial charge in [-0.05, 0) is 17.7 Å². The van der Waals surface area contributed by atoms with Crippen LogP contribution in [0.2, 0.25) is 0 Å². The van der Waals surface area contributed by atoms with E-state index < -0.39 is 0 Å². The molecule has 0 saturated heterocycles. The molecule has 0 aliphatic rings. The van der Waals surface area contributed by atoms with Crippen molar-refractivity contribution in [3.05, 3.63) is 60.2 Å². The third kappa shape index (κ3) is 2.36. The predicted molar refractivity (Wildman–Crippen MR) is 80.1 cm³/mol. The number of benzene rings is 1. The Balaban J connectivity index is 1.97. The molecule has 6 nitrogen and oxygen atoms in total. The molecule has 6 heteroatoms. The minimum Gasteiger partial charge on any atom is -0.326 e. The van der Waals surface area contributed by atoms with Crippen molar-refractivity contribution in [1.29, 1.82) is 0 Å². The fourth-order valence-electron chi connectivity index (χ4n) is 2.19. The summed E-state index contributed by atoms with van der Waals surface area (Å²) in [7, 11) is 1.73. The van der Waals surface area contributed by atoms with Gasteiger partial charge >= 0.3 is 0 Å². The first kappa shape index (κ1) is 13.3. The smallest absolute Gasteiger partial charge is 0.261 e. The van der Waals surface area contributed by atoms with Crippen LogP contribution in [0.4, 0.5) is 5.69 Å². The molecule has 0 fully saturated rings. The van der Waals surface area contributed by atoms with E-state index in [1.807, 2.05) is 24.3 Å². The third-order valence-corrected chi connectivity index (χ3v) is 3.39. The average Bonchev–Trinajstić information content (AvgIpc) is 2.97. The minimum atomic E-state index is -0.132. The molecule has 2 N–H and O–H groups in total. The molecular weight excluding hydrogens is 266 g/mol. The first-order valence-electron chi connectivity index (χ1n) is 6.55. The standard InChI is InChI=1S/C15H15N5O/c1-19(12-4-2-3-11(7-12)8-16)15(21)13-9-18-20-6-5-17-10-14(13)20/h2-7,9-10H,8,16H2,1H3. The van der Waals surface area contributed by atoms with Crippen LogP contribution in [0.5, 0.6) is 0 Å². The van der Waals surface area contributed by atoms with Crippen molar-refractivity contribution < 1.29 is 4.79 Å². The topological polar surface area (TPSA) is 76.5 Å². The van der Waals surface area contributed by atoms with E-state index in [1.165, 1.54) is 0 Å². The Morgan fingerprint density at radius 2 is 2.24 bits per heavy atom. The molecule has 0 atom stereocenters. The predicted octanol–water partition coefficient (Wildman–Crippen LogP) is 1.46. The van der Waals surface area contributed by atoms with Gasteiger partial charge in [0.2, 0.25) is 0 Å². The monoisotopic (exact) mass is 281 g/mol. The number of rotatable bonds is 3. The number of hydrogen-bond acceptors (Lipinski definition) is 4. The van der Waals surface area contributed by atoms with E-state index in [0.717, 1.165) is 11.3 Å². The molecule has 0 aliphatic carbocycles. The minimum absolute atomic E-state index is 0.132. The van der Waals surface area contributed by atoms with Crippen LogP contribution in [0.1, 0.15) is 15.9 Å². The molecule has 0 bridgehead atoms. The zero-order valence-electron chi connectivity index (χ0n) is 11.6. The number of anilines is 1. The lowest BCUT2D eigenvalue weighted by Gasteiger charge is -2.17. The van der Waals surface area contributed by atoms with Crippen LogP contribution in [0.25, 0.3) is 5.52 Å². The van der Waals surface area contributed by atoms with Gasteiger partial charge in [0.05, 0.1) is 23.5 Å². The zero-order valence-corrected chi connectivity index (χ0v) is 11.6. The second-order valence-corrected chi connectivity index (χ2v) is 4.70. The van der Waals surface area contributed by atoms with Gasteiger partial charge in [-0.1, -0.05) is 12.1 Å². The summed E-state index contributed by atoms with van der Waals surface area (Å²) in [4.78, 5) is 18.3. The molecule has 3 aromatic rings. The zero-order chi connectivity index (χ0) is 14.8. The van der Waals surface area contributed by atoms with Gasteiger partial charge in [0.15, 0.2) is 0 Å². The molecule has 2 aromatic heterocycles. The number of nitrogens with two attached hydrogens (primary N) is 1. The Morgan fingerprint density at radius 3 is 3.05 bits per heavy atom. The fourth-order valence-corrected chi connectivity index (χ4v) is 2.19. The molecule has 1 aromatic carbocycles. The van der Waals surface area contributed by atoms with Crippen LogP contribution in [0.3, 0.4) is 0 Å². The quantitative estimate of drug-likeness (QED) is 0.788. The van der Waals surface area contributed by atoms with Crippen molar-refractivity contribution in [3.63, 3.8) is 0 Å². The van der Waals surface area contributed by atoms with E-state index >= 15 is 0 Å². The molecule has 106 valence electrons. The normalized spacial score (nSPS) is 10.8. The average molecular weight is 281 g/mol. The van der Waals surface area contributed by atoms with Crippen molar-refractivity contribution in [1.82, 2.24) is 14.6 Å². The van der Waals surface area contributed by atoms with E-state index in [4.69, 9.17) is 5.73 Å². The highest BCUT2D eigenvalue weighted by Gasteiger charge is 2.18. The Kier molecular flexibility index (Phi) is 3.37. The maximum atomic E-state index is 12.6. The summed E-state index contributed by atoms with van der Waals surface area (Å²) in [6.45, 7) is 0.441. The SMILES string of the molecule is CN(C(=O)c1cnn2ccncc12)c1cccc(CN)c1. The van der Waals surface area contributed by atoms with E-state index in [9.17, 15) is 4.79 Å². The highest BCUT2D eigenvalue weighted by molar-refractivity contribution is 6.09. The second-order valence-electron chi connectivity index (χ2n) is 4.70. The van der Waals surface area contributed by atoms with Crippen LogP contribution < -0.4 is 10.6 Å². The van der Waals surface area contributed by atoms with Crippen LogP contribution in [-0.2, 0) is 6.54 Å². The number of aromatic nitrogens is 3. The molecular formula is C15H15N5O. The lowest BCUT2D eigenvalue weighted by atomic mass is 10.1. The largest absolute Gasteiger partial charge is 0.326 e. The van der Waals surface area contributed by atoms with Gasteiger partial charge in [-0.15, -0.1) is 0 Å². The summed E-state index contributed by atoms with van der Waals surface area (Å²) >= 11 is 0. The number of hydrogen-bond donors (Lipinski definition) is 1. The van der Waals surface area contributed by atoms with Gasteiger partial charge in [-0.25, -0.2) is 4.52 Å². The maximum Gasteiger partial charge on any atom is 0.261 e. The van der Waals surface area contributed by atoms with E-state index in [1.54, 1.807) is 41.3 Å². The van der Waals surface area contributed by atoms with Gasteiger partial charge in [-0.3, -0.25) is 9.78 Å². The molecule has 1 amide bonds. The molecule has 0 spiro atoms. The molecule has 0 aliphatic heterocycles. The molecule has 0 unspecified atom stereocenters. The number of carbonyl (C=O) groups is 1. The van der Waals surface area contributed by atoms with Crippen molar-refractivity contribution in [2.75, 3.05) is 11.9 Å². The molecule has 21 heavy (non-hydrogen) atoms. The summed E-state index contributed by atoms with van der Waals surface area (Å²) in [5.74, 6) is -0.132. The fraction of sp³-hybridized carbons (Fsp3) is 0.133. The summed E-state index contributed by atoms with van der Waals surface area (Å²) in [6.07, 6.45) is 6.52. The summed E-state index contributed by atoms with van der Waals surface area (Å²) in [5.41, 5.74) is 8.62. The Morgan fingerprint density at radius 1 is 1.38 bits per heavy atom. The lowest BCUT2D eigenvalue weighted by Crippen LogP contribution is -2.26. The lowest BCUT2D eigenvalue weighted by molar-refractivity contribution is 0.0994. The van der Waals surface area contributed by atoms with Crippen LogP contribution in [0.15, 0.2) is 49.1 Å². The number of carbonyl (C=O) groups excluding carboxylic acids is 1. The number of amides is 1. The third-order valence-electron chi connectivity index (χ3n) is 3.39. The summed E-state index contributed by atoms with van der Waals surface area (Å²) in [6, 6.07) is 7.60. The van der Waals surface area contributed by atoms with Gasteiger partial charge in [-0.2, -0.15) is 5.10 Å². The van der Waals surface area contributed by atoms with Crippen LogP contribution in [-0.4, -0.2) is 27.6 Å². The van der Waals surface area contributed by atoms with Crippen molar-refractivity contribution in [2.24, 2.45) is 5.73 Å². The summed E-state index contributed by atoms with van der Waals surface area (Å²) in [5, 5.41) is 4.16. The van der Waals surface area contributed by atoms with E-state index in [0.29, 0.717) is 17.6 Å². The number of nitrogens with zero attached hydrogens (tertiary/aromatic N) is 4. The molecule has 2 heterocycles. The van der Waals surface area contributed by atoms with E-state index in [-0.39, 0.29) is 5.91 Å². The molecule has 0 saturated carbocycles. The maximum absolute atomic E-state index is 12.6. The van der Waals surface area contributed by atoms with Crippen molar-refractivity contribution in [2.45, 2.75) is 6.54 Å². The van der Waals surface area contributed by atoms with Crippen LogP contribution in [0, 0.1) is 0 Å². The van der Waals surface area contributed by atoms with Crippen molar-refractivity contribution >= 4 is 17.1 Å². The Hall–Kier alpha value is -2.73. The first-order chi connectivity index (χ1) is 10.2. The Labute approximate surface area is 121 Å². The molecule has 0 radical (unpaired) electrons. The Bertz CT molecular complexity index is 795. The number of fused-ring (bicyclic) bond motifs is 1. The van der Waals surface area contributed by atoms with Gasteiger partial charge < -0.3 is 10.6 Å². The first-order valence-corrected chi connectivity index (χ1v) is 6.55. The van der Waals surface area contributed by atoms with Gasteiger partial charge in [0.1, 0.15) is 0 Å².